The summed E-state index contributed by atoms with van der Waals surface area (Å²) in [4.78, 5) is 11.1. The second-order valence-corrected chi connectivity index (χ2v) is 10.0. The molecule has 0 aliphatic heterocycles. The molecule has 3 heteroatoms. The van der Waals surface area contributed by atoms with Gasteiger partial charge in [0.1, 0.15) is 6.10 Å². The minimum Gasteiger partial charge on any atom is -0.478 e. The molecule has 0 aromatic heterocycles. The Morgan fingerprint density at radius 3 is 2.29 bits per heavy atom. The minimum atomic E-state index is -0.907. The quantitative estimate of drug-likeness (QED) is 0.456. The highest BCUT2D eigenvalue weighted by Crippen LogP contribution is 2.46. The molecule has 0 bridgehead atoms. The van der Waals surface area contributed by atoms with Crippen molar-refractivity contribution in [2.24, 2.45) is 0 Å². The highest BCUT2D eigenvalue weighted by Gasteiger charge is 2.37. The molecule has 1 N–H and O–H groups in total. The summed E-state index contributed by atoms with van der Waals surface area (Å²) in [5.41, 5.74) is 5.69. The van der Waals surface area contributed by atoms with E-state index >= 15 is 0 Å². The molecule has 0 radical (unpaired) electrons. The zero-order chi connectivity index (χ0) is 22.6. The Kier molecular flexibility index (Phi) is 7.06. The molecule has 0 heterocycles. The molecule has 3 nitrogen and oxygen atoms in total. The first kappa shape index (κ1) is 23.3. The van der Waals surface area contributed by atoms with E-state index in [2.05, 4.69) is 58.9 Å². The number of ether oxygens (including phenoxy) is 1. The van der Waals surface area contributed by atoms with Crippen LogP contribution in [0.4, 0.5) is 0 Å². The normalized spacial score (nSPS) is 18.0. The predicted molar refractivity (Wildman–Crippen MR) is 128 cm³/mol. The van der Waals surface area contributed by atoms with Gasteiger partial charge < -0.3 is 9.84 Å². The number of fused-ring (bicyclic) bond motifs is 1. The molecule has 0 spiro atoms. The van der Waals surface area contributed by atoms with Crippen molar-refractivity contribution >= 4 is 12.0 Å². The van der Waals surface area contributed by atoms with E-state index in [1.807, 2.05) is 18.2 Å². The lowest BCUT2D eigenvalue weighted by molar-refractivity contribution is 0.0697. The van der Waals surface area contributed by atoms with Crippen LogP contribution in [0.1, 0.15) is 99.0 Å². The van der Waals surface area contributed by atoms with Crippen molar-refractivity contribution in [2.75, 3.05) is 6.61 Å². The van der Waals surface area contributed by atoms with E-state index in [0.717, 1.165) is 25.0 Å². The van der Waals surface area contributed by atoms with Crippen LogP contribution in [0.15, 0.2) is 48.5 Å². The average molecular weight is 421 g/mol. The molecule has 1 aliphatic rings. The van der Waals surface area contributed by atoms with Crippen molar-refractivity contribution in [3.8, 4) is 0 Å². The number of carbonyl (C=O) groups is 1. The maximum Gasteiger partial charge on any atom is 0.335 e. The van der Waals surface area contributed by atoms with Crippen molar-refractivity contribution in [2.45, 2.75) is 77.2 Å². The molecular weight excluding hydrogens is 384 g/mol. The highest BCUT2D eigenvalue weighted by atomic mass is 16.5. The molecule has 166 valence electrons. The molecule has 2 aromatic carbocycles. The summed E-state index contributed by atoms with van der Waals surface area (Å²) in [5.74, 6) is -0.907. The number of rotatable bonds is 8. The van der Waals surface area contributed by atoms with Gasteiger partial charge in [0.25, 0.3) is 0 Å². The number of carboxylic acids is 1. The third-order valence-electron chi connectivity index (χ3n) is 6.62. The van der Waals surface area contributed by atoms with Gasteiger partial charge in [-0.1, -0.05) is 83.5 Å². The maximum atomic E-state index is 11.1. The van der Waals surface area contributed by atoms with Gasteiger partial charge >= 0.3 is 5.97 Å². The van der Waals surface area contributed by atoms with E-state index < -0.39 is 5.97 Å². The predicted octanol–water partition coefficient (Wildman–Crippen LogP) is 7.31. The first-order valence-corrected chi connectivity index (χ1v) is 11.4. The summed E-state index contributed by atoms with van der Waals surface area (Å²) in [5, 5.41) is 9.10. The number of aromatic carboxylic acids is 1. The van der Waals surface area contributed by atoms with E-state index in [1.54, 1.807) is 12.1 Å². The fourth-order valence-electron chi connectivity index (χ4n) is 4.34. The van der Waals surface area contributed by atoms with Gasteiger partial charge in [-0.15, -0.1) is 0 Å². The van der Waals surface area contributed by atoms with Gasteiger partial charge in [0.05, 0.1) is 5.56 Å². The number of hydrogen-bond donors (Lipinski definition) is 1. The van der Waals surface area contributed by atoms with Gasteiger partial charge in [0.2, 0.25) is 0 Å². The smallest absolute Gasteiger partial charge is 0.335 e. The van der Waals surface area contributed by atoms with E-state index in [1.165, 1.54) is 29.5 Å². The van der Waals surface area contributed by atoms with Crippen LogP contribution in [0.3, 0.4) is 0 Å². The lowest BCUT2D eigenvalue weighted by Crippen LogP contribution is -2.34. The van der Waals surface area contributed by atoms with Crippen molar-refractivity contribution in [1.29, 1.82) is 0 Å². The standard InChI is InChI=1S/C28H36O3/c1-6-7-18-31-25(15-10-20-8-11-21(12-9-20)26(29)30)22-13-14-23-24(19-22)28(4,5)17-16-27(23,2)3/h8-15,19,25H,6-7,16-18H2,1-5H3,(H,29,30). The second kappa shape index (κ2) is 9.40. The van der Waals surface area contributed by atoms with Gasteiger partial charge in [0, 0.05) is 6.61 Å². The Balaban J connectivity index is 1.92. The summed E-state index contributed by atoms with van der Waals surface area (Å²) < 4.78 is 6.28. The molecule has 3 rings (SSSR count). The van der Waals surface area contributed by atoms with Crippen LogP contribution in [-0.4, -0.2) is 17.7 Å². The topological polar surface area (TPSA) is 46.5 Å². The highest BCUT2D eigenvalue weighted by molar-refractivity contribution is 5.87. The second-order valence-electron chi connectivity index (χ2n) is 10.0. The third kappa shape index (κ3) is 5.46. The Morgan fingerprint density at radius 1 is 1.03 bits per heavy atom. The molecule has 1 unspecified atom stereocenters. The van der Waals surface area contributed by atoms with Crippen molar-refractivity contribution in [3.05, 3.63) is 76.4 Å². The first-order chi connectivity index (χ1) is 14.6. The van der Waals surface area contributed by atoms with Gasteiger partial charge in [0.15, 0.2) is 0 Å². The fraction of sp³-hybridized carbons (Fsp3) is 0.464. The van der Waals surface area contributed by atoms with E-state index in [-0.39, 0.29) is 16.9 Å². The van der Waals surface area contributed by atoms with Crippen LogP contribution < -0.4 is 0 Å². The fourth-order valence-corrected chi connectivity index (χ4v) is 4.34. The van der Waals surface area contributed by atoms with Crippen LogP contribution in [-0.2, 0) is 15.6 Å². The minimum absolute atomic E-state index is 0.128. The molecule has 0 fully saturated rings. The van der Waals surface area contributed by atoms with Gasteiger partial charge in [-0.25, -0.2) is 4.79 Å². The van der Waals surface area contributed by atoms with E-state index in [0.29, 0.717) is 5.56 Å². The largest absolute Gasteiger partial charge is 0.478 e. The van der Waals surface area contributed by atoms with Crippen molar-refractivity contribution in [1.82, 2.24) is 0 Å². The molecule has 2 aromatic rings. The molecule has 0 saturated heterocycles. The number of benzene rings is 2. The molecule has 1 atom stereocenters. The Hall–Kier alpha value is -2.39. The SMILES string of the molecule is CCCCOC(C=Cc1ccc(C(=O)O)cc1)c1ccc2c(c1)C(C)(C)CCC2(C)C. The van der Waals surface area contributed by atoms with Crippen LogP contribution >= 0.6 is 0 Å². The van der Waals surface area contributed by atoms with Crippen LogP contribution in [0.2, 0.25) is 0 Å². The number of unbranched alkanes of at least 4 members (excludes halogenated alkanes) is 1. The molecule has 0 amide bonds. The Labute approximate surface area is 187 Å². The molecule has 1 aliphatic carbocycles. The van der Waals surface area contributed by atoms with Gasteiger partial charge in [-0.05, 0) is 64.5 Å². The van der Waals surface area contributed by atoms with Crippen molar-refractivity contribution < 1.29 is 14.6 Å². The third-order valence-corrected chi connectivity index (χ3v) is 6.62. The lowest BCUT2D eigenvalue weighted by Gasteiger charge is -2.42. The molecule has 31 heavy (non-hydrogen) atoms. The molecular formula is C28H36O3. The monoisotopic (exact) mass is 420 g/mol. The zero-order valence-corrected chi connectivity index (χ0v) is 19.6. The lowest BCUT2D eigenvalue weighted by atomic mass is 9.63. The Bertz CT molecular complexity index is 935. The maximum absolute atomic E-state index is 11.1. The summed E-state index contributed by atoms with van der Waals surface area (Å²) >= 11 is 0. The first-order valence-electron chi connectivity index (χ1n) is 11.4. The number of hydrogen-bond acceptors (Lipinski definition) is 2. The average Bonchev–Trinajstić information content (AvgIpc) is 2.74. The summed E-state index contributed by atoms with van der Waals surface area (Å²) in [7, 11) is 0. The van der Waals surface area contributed by atoms with Crippen molar-refractivity contribution in [3.63, 3.8) is 0 Å². The van der Waals surface area contributed by atoms with Crippen LogP contribution in [0, 0.1) is 0 Å². The summed E-state index contributed by atoms with van der Waals surface area (Å²) in [6.07, 6.45) is 8.50. The van der Waals surface area contributed by atoms with E-state index in [9.17, 15) is 4.79 Å². The summed E-state index contributed by atoms with van der Waals surface area (Å²) in [6.45, 7) is 12.3. The zero-order valence-electron chi connectivity index (χ0n) is 19.6. The van der Waals surface area contributed by atoms with Gasteiger partial charge in [-0.3, -0.25) is 0 Å². The van der Waals surface area contributed by atoms with E-state index in [4.69, 9.17) is 9.84 Å². The number of carboxylic acid groups (broad SMARTS) is 1. The van der Waals surface area contributed by atoms with Gasteiger partial charge in [-0.2, -0.15) is 0 Å². The molecule has 0 saturated carbocycles. The van der Waals surface area contributed by atoms with Crippen LogP contribution in [0.5, 0.6) is 0 Å². The Morgan fingerprint density at radius 2 is 1.68 bits per heavy atom. The summed E-state index contributed by atoms with van der Waals surface area (Å²) in [6, 6.07) is 13.8. The van der Waals surface area contributed by atoms with Crippen LogP contribution in [0.25, 0.3) is 6.08 Å².